The lowest BCUT2D eigenvalue weighted by molar-refractivity contribution is -0.384. The monoisotopic (exact) mass is 382 g/mol. The smallest absolute Gasteiger partial charge is 0.270 e. The molecule has 0 aliphatic carbocycles. The summed E-state index contributed by atoms with van der Waals surface area (Å²) in [6, 6.07) is 3.85. The lowest BCUT2D eigenvalue weighted by Crippen LogP contribution is -2.51. The van der Waals surface area contributed by atoms with E-state index in [4.69, 9.17) is 11.6 Å². The number of piperazine rings is 1. The molecular weight excluding hydrogens is 360 g/mol. The number of rotatable bonds is 6. The second-order valence-corrected chi connectivity index (χ2v) is 6.46. The highest BCUT2D eigenvalue weighted by atomic mass is 35.5. The zero-order chi connectivity index (χ0) is 19.3. The van der Waals surface area contributed by atoms with E-state index in [9.17, 15) is 19.7 Å². The summed E-state index contributed by atoms with van der Waals surface area (Å²) in [5.41, 5.74) is -0.0326. The van der Waals surface area contributed by atoms with E-state index >= 15 is 0 Å². The molecule has 1 saturated heterocycles. The molecule has 26 heavy (non-hydrogen) atoms. The average molecular weight is 383 g/mol. The lowest BCUT2D eigenvalue weighted by Gasteiger charge is -2.35. The Bertz CT molecular complexity index is 685. The molecule has 0 bridgehead atoms. The van der Waals surface area contributed by atoms with Crippen LogP contribution in [0.25, 0.3) is 0 Å². The first-order valence-electron chi connectivity index (χ1n) is 8.60. The molecule has 142 valence electrons. The first kappa shape index (κ1) is 20.1. The van der Waals surface area contributed by atoms with Gasteiger partial charge >= 0.3 is 0 Å². The predicted molar refractivity (Wildman–Crippen MR) is 98.4 cm³/mol. The van der Waals surface area contributed by atoms with Crippen molar-refractivity contribution in [3.63, 3.8) is 0 Å². The molecule has 8 nitrogen and oxygen atoms in total. The summed E-state index contributed by atoms with van der Waals surface area (Å²) < 4.78 is 0. The fourth-order valence-corrected chi connectivity index (χ4v) is 3.14. The van der Waals surface area contributed by atoms with Crippen LogP contribution in [0.5, 0.6) is 0 Å². The molecule has 1 heterocycles. The van der Waals surface area contributed by atoms with E-state index < -0.39 is 4.92 Å². The molecule has 1 aliphatic heterocycles. The summed E-state index contributed by atoms with van der Waals surface area (Å²) in [5.74, 6) is -0.245. The number of hydrogen-bond donors (Lipinski definition) is 0. The first-order chi connectivity index (χ1) is 12.4. The molecule has 1 fully saturated rings. The van der Waals surface area contributed by atoms with E-state index in [0.29, 0.717) is 45.8 Å². The third-order valence-electron chi connectivity index (χ3n) is 4.53. The fraction of sp³-hybridized carbons (Fsp3) is 0.529. The van der Waals surface area contributed by atoms with Crippen molar-refractivity contribution in [3.05, 3.63) is 38.9 Å². The minimum atomic E-state index is -0.552. The highest BCUT2D eigenvalue weighted by molar-refractivity contribution is 6.33. The summed E-state index contributed by atoms with van der Waals surface area (Å²) in [7, 11) is 0. The van der Waals surface area contributed by atoms with Crippen LogP contribution in [0.15, 0.2) is 18.2 Å². The Morgan fingerprint density at radius 3 is 2.35 bits per heavy atom. The molecule has 0 aromatic heterocycles. The molecule has 1 aromatic carbocycles. The van der Waals surface area contributed by atoms with Crippen molar-refractivity contribution in [2.45, 2.75) is 13.8 Å². The molecule has 0 radical (unpaired) electrons. The van der Waals surface area contributed by atoms with E-state index in [2.05, 4.69) is 0 Å². The number of amides is 2. The average Bonchev–Trinajstić information content (AvgIpc) is 2.63. The summed E-state index contributed by atoms with van der Waals surface area (Å²) in [4.78, 5) is 40.6. The predicted octanol–water partition coefficient (Wildman–Crippen LogP) is 1.87. The SMILES string of the molecule is CCN(CC)C(=O)CN1CCN(C(=O)c2cc([N+](=O)[O-])ccc2Cl)CC1. The largest absolute Gasteiger partial charge is 0.342 e. The number of likely N-dealkylation sites (N-methyl/N-ethyl adjacent to an activating group) is 1. The quantitative estimate of drug-likeness (QED) is 0.553. The normalized spacial score (nSPS) is 15.0. The van der Waals surface area contributed by atoms with E-state index in [1.54, 1.807) is 9.80 Å². The van der Waals surface area contributed by atoms with Gasteiger partial charge in [-0.3, -0.25) is 24.6 Å². The van der Waals surface area contributed by atoms with Crippen molar-refractivity contribution in [2.75, 3.05) is 45.8 Å². The molecular formula is C17H23ClN4O4. The Labute approximate surface area is 157 Å². The minimum Gasteiger partial charge on any atom is -0.342 e. The van der Waals surface area contributed by atoms with Gasteiger partial charge in [0.25, 0.3) is 11.6 Å². The van der Waals surface area contributed by atoms with Crippen LogP contribution in [0.1, 0.15) is 24.2 Å². The van der Waals surface area contributed by atoms with Gasteiger partial charge in [0, 0.05) is 51.4 Å². The number of nitro benzene ring substituents is 1. The second kappa shape index (κ2) is 8.95. The van der Waals surface area contributed by atoms with Crippen LogP contribution in [-0.2, 0) is 4.79 Å². The Balaban J connectivity index is 1.97. The van der Waals surface area contributed by atoms with E-state index in [1.165, 1.54) is 18.2 Å². The third kappa shape index (κ3) is 4.70. The minimum absolute atomic E-state index is 0.0801. The van der Waals surface area contributed by atoms with Gasteiger partial charge in [-0.25, -0.2) is 0 Å². The number of non-ortho nitro benzene ring substituents is 1. The molecule has 0 atom stereocenters. The second-order valence-electron chi connectivity index (χ2n) is 6.06. The van der Waals surface area contributed by atoms with Gasteiger partial charge in [0.2, 0.25) is 5.91 Å². The van der Waals surface area contributed by atoms with Crippen molar-refractivity contribution in [3.8, 4) is 0 Å². The molecule has 1 aromatic rings. The van der Waals surface area contributed by atoms with Crippen molar-refractivity contribution in [1.29, 1.82) is 0 Å². The number of carbonyl (C=O) groups is 2. The standard InChI is InChI=1S/C17H23ClN4O4/c1-3-20(4-2)16(23)12-19-7-9-21(10-8-19)17(24)14-11-13(22(25)26)5-6-15(14)18/h5-6,11H,3-4,7-10,12H2,1-2H3. The van der Waals surface area contributed by atoms with Crippen molar-refractivity contribution >= 4 is 29.1 Å². The summed E-state index contributed by atoms with van der Waals surface area (Å²) in [6.07, 6.45) is 0. The molecule has 1 aliphatic rings. The van der Waals surface area contributed by atoms with E-state index in [1.807, 2.05) is 18.7 Å². The maximum absolute atomic E-state index is 12.7. The zero-order valence-corrected chi connectivity index (χ0v) is 15.7. The number of halogens is 1. The van der Waals surface area contributed by atoms with Crippen molar-refractivity contribution < 1.29 is 14.5 Å². The lowest BCUT2D eigenvalue weighted by atomic mass is 10.1. The Morgan fingerprint density at radius 2 is 1.81 bits per heavy atom. The third-order valence-corrected chi connectivity index (χ3v) is 4.86. The highest BCUT2D eigenvalue weighted by Crippen LogP contribution is 2.24. The van der Waals surface area contributed by atoms with E-state index in [0.717, 1.165) is 0 Å². The summed E-state index contributed by atoms with van der Waals surface area (Å²) in [6.45, 7) is 7.63. The summed E-state index contributed by atoms with van der Waals surface area (Å²) in [5, 5.41) is 11.1. The van der Waals surface area contributed by atoms with Crippen LogP contribution < -0.4 is 0 Å². The van der Waals surface area contributed by atoms with Crippen molar-refractivity contribution in [2.24, 2.45) is 0 Å². The highest BCUT2D eigenvalue weighted by Gasteiger charge is 2.26. The van der Waals surface area contributed by atoms with Gasteiger partial charge in [0.1, 0.15) is 0 Å². The Hall–Kier alpha value is -2.19. The topological polar surface area (TPSA) is 87.0 Å². The number of carbonyl (C=O) groups excluding carboxylic acids is 2. The zero-order valence-electron chi connectivity index (χ0n) is 15.0. The molecule has 0 spiro atoms. The van der Waals surface area contributed by atoms with Gasteiger partial charge in [0.05, 0.1) is 22.1 Å². The molecule has 2 rings (SSSR count). The van der Waals surface area contributed by atoms with Crippen LogP contribution in [0, 0.1) is 10.1 Å². The number of nitrogens with zero attached hydrogens (tertiary/aromatic N) is 4. The maximum Gasteiger partial charge on any atom is 0.270 e. The maximum atomic E-state index is 12.7. The van der Waals surface area contributed by atoms with Gasteiger partial charge in [-0.1, -0.05) is 11.6 Å². The molecule has 2 amide bonds. The van der Waals surface area contributed by atoms with Crippen LogP contribution >= 0.6 is 11.6 Å². The van der Waals surface area contributed by atoms with Gasteiger partial charge < -0.3 is 9.80 Å². The Kier molecular flexibility index (Phi) is 6.93. The van der Waals surface area contributed by atoms with E-state index in [-0.39, 0.29) is 28.1 Å². The molecule has 9 heteroatoms. The molecule has 0 saturated carbocycles. The number of nitro groups is 1. The number of benzene rings is 1. The first-order valence-corrected chi connectivity index (χ1v) is 8.98. The Morgan fingerprint density at radius 1 is 1.19 bits per heavy atom. The van der Waals surface area contributed by atoms with Crippen LogP contribution in [0.2, 0.25) is 5.02 Å². The molecule has 0 unspecified atom stereocenters. The van der Waals surface area contributed by atoms with Crippen LogP contribution in [0.4, 0.5) is 5.69 Å². The van der Waals surface area contributed by atoms with Gasteiger partial charge in [-0.15, -0.1) is 0 Å². The van der Waals surface area contributed by atoms with Crippen molar-refractivity contribution in [1.82, 2.24) is 14.7 Å². The van der Waals surface area contributed by atoms with Gasteiger partial charge in [-0.05, 0) is 19.9 Å². The fourth-order valence-electron chi connectivity index (χ4n) is 2.94. The van der Waals surface area contributed by atoms with Gasteiger partial charge in [0.15, 0.2) is 0 Å². The summed E-state index contributed by atoms with van der Waals surface area (Å²) >= 11 is 6.05. The van der Waals surface area contributed by atoms with Gasteiger partial charge in [-0.2, -0.15) is 0 Å². The molecule has 0 N–H and O–H groups in total. The number of hydrogen-bond acceptors (Lipinski definition) is 5. The van der Waals surface area contributed by atoms with Crippen LogP contribution in [-0.4, -0.2) is 77.3 Å². The van der Waals surface area contributed by atoms with Crippen LogP contribution in [0.3, 0.4) is 0 Å².